The molecule has 0 fully saturated rings. The zero-order valence-corrected chi connectivity index (χ0v) is 10.2. The first-order chi connectivity index (χ1) is 8.29. The van der Waals surface area contributed by atoms with Gasteiger partial charge in [0, 0.05) is 24.5 Å². The van der Waals surface area contributed by atoms with Crippen LogP contribution in [0.15, 0.2) is 42.7 Å². The van der Waals surface area contributed by atoms with E-state index in [2.05, 4.69) is 36.2 Å². The summed E-state index contributed by atoms with van der Waals surface area (Å²) in [6, 6.07) is 10.6. The van der Waals surface area contributed by atoms with Crippen LogP contribution in [0.3, 0.4) is 0 Å². The summed E-state index contributed by atoms with van der Waals surface area (Å²) in [6.45, 7) is 2.20. The smallest absolute Gasteiger partial charge is 0.0380 e. The second-order valence-corrected chi connectivity index (χ2v) is 4.32. The Kier molecular flexibility index (Phi) is 3.76. The minimum absolute atomic E-state index is 0.820. The molecule has 2 nitrogen and oxygen atoms in total. The van der Waals surface area contributed by atoms with Gasteiger partial charge in [0.1, 0.15) is 0 Å². The van der Waals surface area contributed by atoms with E-state index in [-0.39, 0.29) is 0 Å². The van der Waals surface area contributed by atoms with Gasteiger partial charge in [0.15, 0.2) is 0 Å². The maximum absolute atomic E-state index is 5.93. The molecule has 88 valence electrons. The van der Waals surface area contributed by atoms with Crippen LogP contribution in [0.1, 0.15) is 30.0 Å². The Hall–Kier alpha value is -1.83. The first-order valence-electron chi connectivity index (χ1n) is 6.05. The van der Waals surface area contributed by atoms with Crippen LogP contribution >= 0.6 is 0 Å². The summed E-state index contributed by atoms with van der Waals surface area (Å²) in [5.41, 5.74) is 10.5. The molecule has 2 aromatic rings. The highest BCUT2D eigenvalue weighted by atomic mass is 14.7. The standard InChI is InChI=1S/C15H18N2/c1-2-4-12-5-3-6-13(9-12)10-14-11-17-8-7-15(14)16/h3,5-9,11H,2,4,10H2,1H3,(H2,16,17). The number of anilines is 1. The van der Waals surface area contributed by atoms with Gasteiger partial charge in [0.25, 0.3) is 0 Å². The number of hydrogen-bond acceptors (Lipinski definition) is 2. The molecule has 1 aromatic heterocycles. The number of rotatable bonds is 4. The zero-order chi connectivity index (χ0) is 12.1. The molecule has 0 radical (unpaired) electrons. The number of aromatic nitrogens is 1. The fourth-order valence-electron chi connectivity index (χ4n) is 1.99. The van der Waals surface area contributed by atoms with Crippen molar-refractivity contribution in [2.45, 2.75) is 26.2 Å². The Labute approximate surface area is 103 Å². The van der Waals surface area contributed by atoms with E-state index in [0.717, 1.165) is 24.1 Å². The highest BCUT2D eigenvalue weighted by molar-refractivity contribution is 5.46. The van der Waals surface area contributed by atoms with Gasteiger partial charge in [-0.2, -0.15) is 0 Å². The maximum Gasteiger partial charge on any atom is 0.0380 e. The first-order valence-corrected chi connectivity index (χ1v) is 6.05. The molecule has 17 heavy (non-hydrogen) atoms. The number of nitrogens with zero attached hydrogens (tertiary/aromatic N) is 1. The van der Waals surface area contributed by atoms with Gasteiger partial charge >= 0.3 is 0 Å². The number of nitrogens with two attached hydrogens (primary N) is 1. The van der Waals surface area contributed by atoms with Gasteiger partial charge in [-0.25, -0.2) is 0 Å². The largest absolute Gasteiger partial charge is 0.398 e. The van der Waals surface area contributed by atoms with Crippen molar-refractivity contribution < 1.29 is 0 Å². The van der Waals surface area contributed by atoms with Crippen molar-refractivity contribution in [3.8, 4) is 0 Å². The fourth-order valence-corrected chi connectivity index (χ4v) is 1.99. The minimum atomic E-state index is 0.820. The van der Waals surface area contributed by atoms with Gasteiger partial charge in [0.2, 0.25) is 0 Å². The molecule has 1 aromatic carbocycles. The molecular formula is C15H18N2. The number of aryl methyl sites for hydroxylation is 1. The Morgan fingerprint density at radius 2 is 2.00 bits per heavy atom. The van der Waals surface area contributed by atoms with Crippen molar-refractivity contribution in [1.82, 2.24) is 4.98 Å². The lowest BCUT2D eigenvalue weighted by Crippen LogP contribution is -1.97. The van der Waals surface area contributed by atoms with E-state index in [1.165, 1.54) is 17.5 Å². The van der Waals surface area contributed by atoms with Crippen LogP contribution in [0, 0.1) is 0 Å². The summed E-state index contributed by atoms with van der Waals surface area (Å²) < 4.78 is 0. The van der Waals surface area contributed by atoms with Gasteiger partial charge in [-0.05, 0) is 29.2 Å². The first kappa shape index (κ1) is 11.6. The zero-order valence-electron chi connectivity index (χ0n) is 10.2. The van der Waals surface area contributed by atoms with Crippen molar-refractivity contribution in [2.24, 2.45) is 0 Å². The lowest BCUT2D eigenvalue weighted by atomic mass is 10.0. The van der Waals surface area contributed by atoms with Gasteiger partial charge in [-0.3, -0.25) is 4.98 Å². The molecule has 0 saturated carbocycles. The van der Waals surface area contributed by atoms with Gasteiger partial charge in [-0.1, -0.05) is 37.6 Å². The van der Waals surface area contributed by atoms with Crippen molar-refractivity contribution in [3.05, 3.63) is 59.4 Å². The Morgan fingerprint density at radius 1 is 1.18 bits per heavy atom. The molecular weight excluding hydrogens is 208 g/mol. The predicted octanol–water partition coefficient (Wildman–Crippen LogP) is 3.21. The molecule has 0 aliphatic rings. The van der Waals surface area contributed by atoms with Crippen LogP contribution < -0.4 is 5.73 Å². The van der Waals surface area contributed by atoms with Crippen LogP contribution in [0.4, 0.5) is 5.69 Å². The number of pyridine rings is 1. The van der Waals surface area contributed by atoms with E-state index in [1.54, 1.807) is 6.20 Å². The minimum Gasteiger partial charge on any atom is -0.398 e. The third-order valence-electron chi connectivity index (χ3n) is 2.87. The van der Waals surface area contributed by atoms with Crippen LogP contribution in [-0.4, -0.2) is 4.98 Å². The Morgan fingerprint density at radius 3 is 2.76 bits per heavy atom. The number of hydrogen-bond donors (Lipinski definition) is 1. The summed E-state index contributed by atoms with van der Waals surface area (Å²) in [4.78, 5) is 4.12. The summed E-state index contributed by atoms with van der Waals surface area (Å²) in [7, 11) is 0. The number of nitrogen functional groups attached to an aromatic ring is 1. The summed E-state index contributed by atoms with van der Waals surface area (Å²) >= 11 is 0. The van der Waals surface area contributed by atoms with E-state index < -0.39 is 0 Å². The van der Waals surface area contributed by atoms with Crippen LogP contribution in [0.2, 0.25) is 0 Å². The summed E-state index contributed by atoms with van der Waals surface area (Å²) in [5, 5.41) is 0. The van der Waals surface area contributed by atoms with Crippen molar-refractivity contribution in [3.63, 3.8) is 0 Å². The quantitative estimate of drug-likeness (QED) is 0.869. The molecule has 1 heterocycles. The van der Waals surface area contributed by atoms with Crippen molar-refractivity contribution >= 4 is 5.69 Å². The molecule has 0 unspecified atom stereocenters. The normalized spacial score (nSPS) is 10.4. The summed E-state index contributed by atoms with van der Waals surface area (Å²) in [6.07, 6.45) is 6.75. The predicted molar refractivity (Wildman–Crippen MR) is 71.9 cm³/mol. The van der Waals surface area contributed by atoms with Gasteiger partial charge in [0.05, 0.1) is 0 Å². The van der Waals surface area contributed by atoms with Crippen LogP contribution in [-0.2, 0) is 12.8 Å². The Bertz CT molecular complexity index is 492. The monoisotopic (exact) mass is 226 g/mol. The molecule has 2 rings (SSSR count). The van der Waals surface area contributed by atoms with Crippen molar-refractivity contribution in [1.29, 1.82) is 0 Å². The SMILES string of the molecule is CCCc1cccc(Cc2cnccc2N)c1. The molecule has 0 aliphatic carbocycles. The van der Waals surface area contributed by atoms with E-state index in [0.29, 0.717) is 0 Å². The summed E-state index contributed by atoms with van der Waals surface area (Å²) in [5.74, 6) is 0. The topological polar surface area (TPSA) is 38.9 Å². The molecule has 2 N–H and O–H groups in total. The fraction of sp³-hybridized carbons (Fsp3) is 0.267. The molecule has 0 amide bonds. The van der Waals surface area contributed by atoms with E-state index in [9.17, 15) is 0 Å². The molecule has 0 saturated heterocycles. The average molecular weight is 226 g/mol. The molecule has 2 heteroatoms. The highest BCUT2D eigenvalue weighted by Gasteiger charge is 2.01. The third kappa shape index (κ3) is 3.06. The molecule has 0 aliphatic heterocycles. The van der Waals surface area contributed by atoms with E-state index in [4.69, 9.17) is 5.73 Å². The maximum atomic E-state index is 5.93. The van der Waals surface area contributed by atoms with Gasteiger partial charge in [-0.15, -0.1) is 0 Å². The average Bonchev–Trinajstić information content (AvgIpc) is 2.33. The highest BCUT2D eigenvalue weighted by Crippen LogP contribution is 2.16. The van der Waals surface area contributed by atoms with Crippen LogP contribution in [0.5, 0.6) is 0 Å². The second kappa shape index (κ2) is 5.48. The van der Waals surface area contributed by atoms with E-state index in [1.807, 2.05) is 12.3 Å². The molecule has 0 atom stereocenters. The molecule has 0 spiro atoms. The third-order valence-corrected chi connectivity index (χ3v) is 2.87. The Balaban J connectivity index is 2.18. The molecule has 0 bridgehead atoms. The van der Waals surface area contributed by atoms with E-state index >= 15 is 0 Å². The van der Waals surface area contributed by atoms with Crippen molar-refractivity contribution in [2.75, 3.05) is 5.73 Å². The lowest BCUT2D eigenvalue weighted by Gasteiger charge is -2.06. The number of benzene rings is 1. The van der Waals surface area contributed by atoms with Gasteiger partial charge < -0.3 is 5.73 Å². The lowest BCUT2D eigenvalue weighted by molar-refractivity contribution is 0.918. The second-order valence-electron chi connectivity index (χ2n) is 4.32. The van der Waals surface area contributed by atoms with Crippen LogP contribution in [0.25, 0.3) is 0 Å².